The molecule has 1 aromatic heterocycles. The van der Waals surface area contributed by atoms with Crippen LogP contribution in [0.25, 0.3) is 11.5 Å². The average molecular weight is 226 g/mol. The third kappa shape index (κ3) is 1.65. The van der Waals surface area contributed by atoms with Crippen LogP contribution in [0.3, 0.4) is 0 Å². The second kappa shape index (κ2) is 3.67. The second-order valence-electron chi connectivity index (χ2n) is 2.93. The Bertz CT molecular complexity index is 467. The number of nitrogens with zero attached hydrogens (tertiary/aromatic N) is 1. The van der Waals surface area contributed by atoms with Crippen molar-refractivity contribution in [3.63, 3.8) is 0 Å². The number of halogens is 1. The number of thiol groups is 1. The van der Waals surface area contributed by atoms with Gasteiger partial charge in [0.1, 0.15) is 6.26 Å². The highest BCUT2D eigenvalue weighted by Gasteiger charge is 2.10. The second-order valence-corrected chi connectivity index (χ2v) is 3.79. The van der Waals surface area contributed by atoms with Gasteiger partial charge >= 0.3 is 0 Å². The van der Waals surface area contributed by atoms with Crippen LogP contribution in [-0.4, -0.2) is 4.98 Å². The molecule has 0 aliphatic carbocycles. The van der Waals surface area contributed by atoms with Crippen molar-refractivity contribution in [2.45, 2.75) is 11.8 Å². The summed E-state index contributed by atoms with van der Waals surface area (Å²) in [6.45, 7) is 1.87. The third-order valence-electron chi connectivity index (χ3n) is 1.83. The van der Waals surface area contributed by atoms with Crippen molar-refractivity contribution in [3.05, 3.63) is 35.2 Å². The highest BCUT2D eigenvalue weighted by atomic mass is 35.5. The highest BCUT2D eigenvalue weighted by molar-refractivity contribution is 7.80. The van der Waals surface area contributed by atoms with Crippen LogP contribution < -0.4 is 0 Å². The van der Waals surface area contributed by atoms with Crippen LogP contribution in [0.1, 0.15) is 5.69 Å². The molecule has 0 unspecified atom stereocenters. The first-order valence-corrected chi connectivity index (χ1v) is 4.91. The van der Waals surface area contributed by atoms with E-state index in [2.05, 4.69) is 17.6 Å². The number of hydrogen-bond donors (Lipinski definition) is 1. The van der Waals surface area contributed by atoms with Crippen LogP contribution in [0.2, 0.25) is 5.02 Å². The predicted octanol–water partition coefficient (Wildman–Crippen LogP) is 3.59. The molecule has 0 saturated heterocycles. The maximum Gasteiger partial charge on any atom is 0.227 e. The van der Waals surface area contributed by atoms with Crippen molar-refractivity contribution in [1.29, 1.82) is 0 Å². The SMILES string of the molecule is Cc1coc(-c2cccc(S)c2Cl)n1. The van der Waals surface area contributed by atoms with E-state index in [1.165, 1.54) is 0 Å². The molecule has 0 amide bonds. The van der Waals surface area contributed by atoms with Crippen LogP contribution in [0.4, 0.5) is 0 Å². The van der Waals surface area contributed by atoms with Crippen molar-refractivity contribution >= 4 is 24.2 Å². The summed E-state index contributed by atoms with van der Waals surface area (Å²) in [5.74, 6) is 0.531. The van der Waals surface area contributed by atoms with Gasteiger partial charge in [0.05, 0.1) is 16.3 Å². The first-order chi connectivity index (χ1) is 6.68. The molecular weight excluding hydrogens is 218 g/mol. The van der Waals surface area contributed by atoms with Gasteiger partial charge in [-0.1, -0.05) is 17.7 Å². The van der Waals surface area contributed by atoms with Gasteiger partial charge < -0.3 is 4.42 Å². The number of aryl methyl sites for hydroxylation is 1. The molecule has 1 heterocycles. The van der Waals surface area contributed by atoms with Crippen molar-refractivity contribution < 1.29 is 4.42 Å². The standard InChI is InChI=1S/C10H8ClNOS/c1-6-5-13-10(12-6)7-3-2-4-8(14)9(7)11/h2-5,14H,1H3. The lowest BCUT2D eigenvalue weighted by molar-refractivity contribution is 0.573. The molecule has 0 aliphatic heterocycles. The third-order valence-corrected chi connectivity index (χ3v) is 2.74. The maximum atomic E-state index is 6.06. The van der Waals surface area contributed by atoms with E-state index in [1.54, 1.807) is 6.26 Å². The van der Waals surface area contributed by atoms with E-state index in [-0.39, 0.29) is 0 Å². The normalized spacial score (nSPS) is 10.5. The molecular formula is C10H8ClNOS. The predicted molar refractivity (Wildman–Crippen MR) is 58.9 cm³/mol. The van der Waals surface area contributed by atoms with Gasteiger partial charge in [-0.3, -0.25) is 0 Å². The largest absolute Gasteiger partial charge is 0.444 e. The Morgan fingerprint density at radius 3 is 2.86 bits per heavy atom. The summed E-state index contributed by atoms with van der Waals surface area (Å²) < 4.78 is 5.26. The van der Waals surface area contributed by atoms with Gasteiger partial charge in [-0.15, -0.1) is 12.6 Å². The van der Waals surface area contributed by atoms with Crippen LogP contribution in [0.15, 0.2) is 33.8 Å². The number of hydrogen-bond acceptors (Lipinski definition) is 3. The molecule has 2 rings (SSSR count). The van der Waals surface area contributed by atoms with E-state index in [0.29, 0.717) is 10.9 Å². The number of benzene rings is 1. The van der Waals surface area contributed by atoms with Gasteiger partial charge in [-0.2, -0.15) is 0 Å². The zero-order chi connectivity index (χ0) is 10.1. The zero-order valence-corrected chi connectivity index (χ0v) is 9.14. The summed E-state index contributed by atoms with van der Waals surface area (Å²) >= 11 is 10.3. The minimum absolute atomic E-state index is 0.531. The lowest BCUT2D eigenvalue weighted by Crippen LogP contribution is -1.81. The molecule has 0 bridgehead atoms. The Labute approximate surface area is 92.3 Å². The molecule has 4 heteroatoms. The van der Waals surface area contributed by atoms with Crippen LogP contribution in [0, 0.1) is 6.92 Å². The molecule has 0 aliphatic rings. The molecule has 0 N–H and O–H groups in total. The molecule has 2 aromatic rings. The molecule has 0 saturated carbocycles. The quantitative estimate of drug-likeness (QED) is 0.751. The fraction of sp³-hybridized carbons (Fsp3) is 0.100. The Kier molecular flexibility index (Phi) is 2.52. The molecule has 0 spiro atoms. The molecule has 0 fully saturated rings. The van der Waals surface area contributed by atoms with E-state index in [9.17, 15) is 0 Å². The molecule has 72 valence electrons. The zero-order valence-electron chi connectivity index (χ0n) is 7.49. The number of rotatable bonds is 1. The average Bonchev–Trinajstić information content (AvgIpc) is 2.57. The first kappa shape index (κ1) is 9.62. The van der Waals surface area contributed by atoms with Crippen LogP contribution in [-0.2, 0) is 0 Å². The number of oxazole rings is 1. The van der Waals surface area contributed by atoms with E-state index in [1.807, 2.05) is 25.1 Å². The Morgan fingerprint density at radius 1 is 1.43 bits per heavy atom. The minimum atomic E-state index is 0.531. The minimum Gasteiger partial charge on any atom is -0.444 e. The summed E-state index contributed by atoms with van der Waals surface area (Å²) in [5.41, 5.74) is 1.60. The molecule has 0 atom stereocenters. The fourth-order valence-corrected chi connectivity index (χ4v) is 1.58. The molecule has 14 heavy (non-hydrogen) atoms. The van der Waals surface area contributed by atoms with Gasteiger partial charge in [-0.25, -0.2) is 4.98 Å². The van der Waals surface area contributed by atoms with Gasteiger partial charge in [0.15, 0.2) is 0 Å². The van der Waals surface area contributed by atoms with E-state index >= 15 is 0 Å². The van der Waals surface area contributed by atoms with Crippen LogP contribution >= 0.6 is 24.2 Å². The summed E-state index contributed by atoms with van der Waals surface area (Å²) in [5, 5.41) is 0.567. The summed E-state index contributed by atoms with van der Waals surface area (Å²) in [6.07, 6.45) is 1.59. The topological polar surface area (TPSA) is 26.0 Å². The highest BCUT2D eigenvalue weighted by Crippen LogP contribution is 2.31. The van der Waals surface area contributed by atoms with E-state index < -0.39 is 0 Å². The van der Waals surface area contributed by atoms with Gasteiger partial charge in [0.2, 0.25) is 5.89 Å². The van der Waals surface area contributed by atoms with Crippen LogP contribution in [0.5, 0.6) is 0 Å². The number of aromatic nitrogens is 1. The van der Waals surface area contributed by atoms with Crippen molar-refractivity contribution in [1.82, 2.24) is 4.98 Å². The fourth-order valence-electron chi connectivity index (χ4n) is 1.16. The summed E-state index contributed by atoms with van der Waals surface area (Å²) in [6, 6.07) is 5.54. The smallest absolute Gasteiger partial charge is 0.227 e. The lowest BCUT2D eigenvalue weighted by Gasteiger charge is -2.01. The molecule has 2 nitrogen and oxygen atoms in total. The lowest BCUT2D eigenvalue weighted by atomic mass is 10.2. The van der Waals surface area contributed by atoms with Gasteiger partial charge in [0.25, 0.3) is 0 Å². The van der Waals surface area contributed by atoms with E-state index in [4.69, 9.17) is 16.0 Å². The Balaban J connectivity index is 2.57. The van der Waals surface area contributed by atoms with E-state index in [0.717, 1.165) is 16.2 Å². The van der Waals surface area contributed by atoms with Crippen molar-refractivity contribution in [2.75, 3.05) is 0 Å². The van der Waals surface area contributed by atoms with Crippen molar-refractivity contribution in [3.8, 4) is 11.5 Å². The first-order valence-electron chi connectivity index (χ1n) is 4.08. The monoisotopic (exact) mass is 225 g/mol. The molecule has 0 radical (unpaired) electrons. The van der Waals surface area contributed by atoms with Gasteiger partial charge in [0, 0.05) is 4.90 Å². The van der Waals surface area contributed by atoms with Gasteiger partial charge in [-0.05, 0) is 19.1 Å². The Hall–Kier alpha value is -0.930. The maximum absolute atomic E-state index is 6.06. The van der Waals surface area contributed by atoms with Crippen molar-refractivity contribution in [2.24, 2.45) is 0 Å². The Morgan fingerprint density at radius 2 is 2.21 bits per heavy atom. The summed E-state index contributed by atoms with van der Waals surface area (Å²) in [4.78, 5) is 4.92. The summed E-state index contributed by atoms with van der Waals surface area (Å²) in [7, 11) is 0. The molecule has 1 aromatic carbocycles.